The highest BCUT2D eigenvalue weighted by atomic mass is 127. The maximum atomic E-state index is 3.47. The molecule has 0 aliphatic rings. The molecule has 0 heterocycles. The van der Waals surface area contributed by atoms with Crippen molar-refractivity contribution in [1.82, 2.24) is 5.32 Å². The van der Waals surface area contributed by atoms with Crippen LogP contribution in [-0.2, 0) is 5.41 Å². The van der Waals surface area contributed by atoms with Crippen molar-refractivity contribution in [3.63, 3.8) is 0 Å². The molecule has 2 heteroatoms. The summed E-state index contributed by atoms with van der Waals surface area (Å²) < 4.78 is 1.31. The van der Waals surface area contributed by atoms with E-state index in [1.165, 1.54) is 22.0 Å². The summed E-state index contributed by atoms with van der Waals surface area (Å²) >= 11 is 2.35. The van der Waals surface area contributed by atoms with E-state index in [0.29, 0.717) is 0 Å². The van der Waals surface area contributed by atoms with E-state index in [1.54, 1.807) is 0 Å². The van der Waals surface area contributed by atoms with E-state index in [9.17, 15) is 0 Å². The lowest BCUT2D eigenvalue weighted by Crippen LogP contribution is -2.25. The highest BCUT2D eigenvalue weighted by Crippen LogP contribution is 2.26. The lowest BCUT2D eigenvalue weighted by molar-refractivity contribution is 0.457. The monoisotopic (exact) mass is 331 g/mol. The molecule has 1 N–H and O–H groups in total. The predicted octanol–water partition coefficient (Wildman–Crippen LogP) is 3.96. The van der Waals surface area contributed by atoms with E-state index in [-0.39, 0.29) is 5.41 Å². The van der Waals surface area contributed by atoms with Gasteiger partial charge in [0.15, 0.2) is 0 Å². The molecular weight excluding hydrogens is 309 g/mol. The Balaban J connectivity index is 2.52. The van der Waals surface area contributed by atoms with Crippen LogP contribution in [0.25, 0.3) is 0 Å². The van der Waals surface area contributed by atoms with Gasteiger partial charge in [0.2, 0.25) is 0 Å². The Morgan fingerprint density at radius 2 is 1.75 bits per heavy atom. The van der Waals surface area contributed by atoms with Gasteiger partial charge in [-0.25, -0.2) is 0 Å². The van der Waals surface area contributed by atoms with Gasteiger partial charge in [-0.15, -0.1) is 0 Å². The van der Waals surface area contributed by atoms with E-state index in [2.05, 4.69) is 72.9 Å². The molecule has 1 aromatic rings. The van der Waals surface area contributed by atoms with E-state index in [0.717, 1.165) is 13.1 Å². The van der Waals surface area contributed by atoms with Gasteiger partial charge in [0.05, 0.1) is 0 Å². The molecule has 0 radical (unpaired) electrons. The minimum atomic E-state index is 0.269. The molecule has 0 bridgehead atoms. The van der Waals surface area contributed by atoms with Gasteiger partial charge in [-0.2, -0.15) is 0 Å². The van der Waals surface area contributed by atoms with Gasteiger partial charge in [0, 0.05) is 3.57 Å². The molecule has 0 atom stereocenters. The quantitative estimate of drug-likeness (QED) is 0.615. The van der Waals surface area contributed by atoms with Crippen LogP contribution in [-0.4, -0.2) is 13.1 Å². The van der Waals surface area contributed by atoms with Gasteiger partial charge in [-0.1, -0.05) is 32.9 Å². The van der Waals surface area contributed by atoms with Crippen molar-refractivity contribution < 1.29 is 0 Å². The smallest absolute Gasteiger partial charge is 0.0130 e. The van der Waals surface area contributed by atoms with Crippen molar-refractivity contribution in [2.24, 2.45) is 0 Å². The lowest BCUT2D eigenvalue weighted by atomic mass is 9.81. The van der Waals surface area contributed by atoms with E-state index < -0.39 is 0 Å². The first-order valence-electron chi connectivity index (χ1n) is 6.03. The SMILES string of the molecule is CCCNCCC(C)(C)c1ccc(I)cc1. The maximum Gasteiger partial charge on any atom is 0.0130 e. The topological polar surface area (TPSA) is 12.0 Å². The second kappa shape index (κ2) is 6.60. The van der Waals surface area contributed by atoms with Crippen LogP contribution in [0.5, 0.6) is 0 Å². The van der Waals surface area contributed by atoms with Gasteiger partial charge >= 0.3 is 0 Å². The number of hydrogen-bond donors (Lipinski definition) is 1. The lowest BCUT2D eigenvalue weighted by Gasteiger charge is -2.25. The van der Waals surface area contributed by atoms with Crippen LogP contribution in [0.2, 0.25) is 0 Å². The molecule has 0 aromatic heterocycles. The van der Waals surface area contributed by atoms with Crippen molar-refractivity contribution >= 4 is 22.6 Å². The molecule has 0 fully saturated rings. The number of hydrogen-bond acceptors (Lipinski definition) is 1. The highest BCUT2D eigenvalue weighted by molar-refractivity contribution is 14.1. The average Bonchev–Trinajstić information content (AvgIpc) is 2.25. The van der Waals surface area contributed by atoms with E-state index >= 15 is 0 Å². The number of halogens is 1. The number of rotatable bonds is 6. The van der Waals surface area contributed by atoms with Gasteiger partial charge in [-0.05, 0) is 71.6 Å². The van der Waals surface area contributed by atoms with Crippen molar-refractivity contribution in [3.8, 4) is 0 Å². The summed E-state index contributed by atoms with van der Waals surface area (Å²) in [5.41, 5.74) is 1.71. The Bertz CT molecular complexity index is 303. The van der Waals surface area contributed by atoms with Gasteiger partial charge in [-0.3, -0.25) is 0 Å². The first-order chi connectivity index (χ1) is 7.56. The Morgan fingerprint density at radius 3 is 2.31 bits per heavy atom. The largest absolute Gasteiger partial charge is 0.317 e. The van der Waals surface area contributed by atoms with Crippen molar-refractivity contribution in [1.29, 1.82) is 0 Å². The summed E-state index contributed by atoms with van der Waals surface area (Å²) in [7, 11) is 0. The van der Waals surface area contributed by atoms with Crippen LogP contribution >= 0.6 is 22.6 Å². The molecule has 1 aromatic carbocycles. The summed E-state index contributed by atoms with van der Waals surface area (Å²) in [4.78, 5) is 0. The molecular formula is C14H22IN. The van der Waals surface area contributed by atoms with Gasteiger partial charge < -0.3 is 5.32 Å². The zero-order chi connectivity index (χ0) is 12.0. The number of nitrogens with one attached hydrogen (secondary N) is 1. The molecule has 0 saturated heterocycles. The van der Waals surface area contributed by atoms with Crippen molar-refractivity contribution in [3.05, 3.63) is 33.4 Å². The minimum Gasteiger partial charge on any atom is -0.317 e. The van der Waals surface area contributed by atoms with E-state index in [4.69, 9.17) is 0 Å². The molecule has 0 spiro atoms. The van der Waals surface area contributed by atoms with E-state index in [1.807, 2.05) is 0 Å². The summed E-state index contributed by atoms with van der Waals surface area (Å²) in [6.07, 6.45) is 2.40. The Labute approximate surface area is 113 Å². The third kappa shape index (κ3) is 4.42. The summed E-state index contributed by atoms with van der Waals surface area (Å²) in [5, 5.41) is 3.47. The standard InChI is InChI=1S/C14H22IN/c1-4-10-16-11-9-14(2,3)12-5-7-13(15)8-6-12/h5-8,16H,4,9-11H2,1-3H3. The minimum absolute atomic E-state index is 0.269. The zero-order valence-electron chi connectivity index (χ0n) is 10.5. The maximum absolute atomic E-state index is 3.47. The Hall–Kier alpha value is -0.0900. The van der Waals surface area contributed by atoms with Crippen LogP contribution in [0, 0.1) is 3.57 Å². The Morgan fingerprint density at radius 1 is 1.12 bits per heavy atom. The first-order valence-corrected chi connectivity index (χ1v) is 7.11. The first kappa shape index (κ1) is 14.0. The third-order valence-electron chi connectivity index (χ3n) is 2.98. The molecule has 0 unspecified atom stereocenters. The van der Waals surface area contributed by atoms with Crippen LogP contribution in [0.1, 0.15) is 39.2 Å². The summed E-state index contributed by atoms with van der Waals surface area (Å²) in [6.45, 7) is 9.08. The molecule has 16 heavy (non-hydrogen) atoms. The third-order valence-corrected chi connectivity index (χ3v) is 3.70. The predicted molar refractivity (Wildman–Crippen MR) is 80.0 cm³/mol. The van der Waals surface area contributed by atoms with Crippen LogP contribution in [0.3, 0.4) is 0 Å². The second-order valence-corrected chi connectivity index (χ2v) is 6.14. The molecule has 0 aliphatic heterocycles. The number of benzene rings is 1. The fourth-order valence-electron chi connectivity index (χ4n) is 1.75. The molecule has 0 aliphatic carbocycles. The summed E-state index contributed by atoms with van der Waals surface area (Å²) in [5.74, 6) is 0. The molecule has 90 valence electrons. The molecule has 0 amide bonds. The van der Waals surface area contributed by atoms with Crippen LogP contribution in [0.4, 0.5) is 0 Å². The van der Waals surface area contributed by atoms with Crippen LogP contribution in [0.15, 0.2) is 24.3 Å². The van der Waals surface area contributed by atoms with Crippen molar-refractivity contribution in [2.75, 3.05) is 13.1 Å². The zero-order valence-corrected chi connectivity index (χ0v) is 12.7. The molecule has 0 saturated carbocycles. The average molecular weight is 331 g/mol. The van der Waals surface area contributed by atoms with Gasteiger partial charge in [0.1, 0.15) is 0 Å². The highest BCUT2D eigenvalue weighted by Gasteiger charge is 2.19. The Kier molecular flexibility index (Phi) is 5.76. The second-order valence-electron chi connectivity index (χ2n) is 4.89. The summed E-state index contributed by atoms with van der Waals surface area (Å²) in [6, 6.07) is 8.89. The van der Waals surface area contributed by atoms with Gasteiger partial charge in [0.25, 0.3) is 0 Å². The molecule has 1 rings (SSSR count). The fourth-order valence-corrected chi connectivity index (χ4v) is 2.11. The fraction of sp³-hybridized carbons (Fsp3) is 0.571. The normalized spacial score (nSPS) is 11.8. The molecule has 1 nitrogen and oxygen atoms in total. The van der Waals surface area contributed by atoms with Crippen molar-refractivity contribution in [2.45, 2.75) is 39.0 Å². The van der Waals surface area contributed by atoms with Crippen LogP contribution < -0.4 is 5.32 Å².